The van der Waals surface area contributed by atoms with Gasteiger partial charge in [-0.2, -0.15) is 0 Å². The number of nitrogens with two attached hydrogens (primary N) is 1. The van der Waals surface area contributed by atoms with Crippen LogP contribution in [0.4, 0.5) is 0 Å². The lowest BCUT2D eigenvalue weighted by Crippen LogP contribution is -2.51. The molecule has 5 heteroatoms. The fourth-order valence-corrected chi connectivity index (χ4v) is 2.80. The van der Waals surface area contributed by atoms with Crippen LogP contribution in [0.5, 0.6) is 0 Å². The van der Waals surface area contributed by atoms with Crippen molar-refractivity contribution in [3.8, 4) is 0 Å². The first-order chi connectivity index (χ1) is 9.82. The highest BCUT2D eigenvalue weighted by atomic mass is 16.2. The van der Waals surface area contributed by atoms with E-state index in [1.807, 2.05) is 18.7 Å². The number of hydrogen-bond acceptors (Lipinski definition) is 3. The SMILES string of the molecule is CC(C)CC1CCCCN1C(=O)CNC(=O)[C@@H](N)C(C)C. The Kier molecular flexibility index (Phi) is 7.15. The standard InChI is InChI=1S/C16H31N3O2/c1-11(2)9-13-7-5-6-8-19(13)14(20)10-18-16(21)15(17)12(3)4/h11-13,15H,5-10,17H2,1-4H3,(H,18,21)/t13?,15-/m0/s1. The summed E-state index contributed by atoms with van der Waals surface area (Å²) in [5, 5.41) is 2.68. The van der Waals surface area contributed by atoms with Crippen LogP contribution in [0.1, 0.15) is 53.4 Å². The quantitative estimate of drug-likeness (QED) is 0.780. The average molecular weight is 297 g/mol. The lowest BCUT2D eigenvalue weighted by Gasteiger charge is -2.37. The highest BCUT2D eigenvalue weighted by Crippen LogP contribution is 2.22. The Hall–Kier alpha value is -1.10. The van der Waals surface area contributed by atoms with E-state index in [1.165, 1.54) is 6.42 Å². The second kappa shape index (κ2) is 8.37. The van der Waals surface area contributed by atoms with Crippen molar-refractivity contribution in [2.75, 3.05) is 13.1 Å². The van der Waals surface area contributed by atoms with Crippen molar-refractivity contribution in [3.63, 3.8) is 0 Å². The molecule has 1 unspecified atom stereocenters. The minimum Gasteiger partial charge on any atom is -0.346 e. The lowest BCUT2D eigenvalue weighted by molar-refractivity contribution is -0.136. The van der Waals surface area contributed by atoms with Crippen molar-refractivity contribution in [1.82, 2.24) is 10.2 Å². The van der Waals surface area contributed by atoms with Gasteiger partial charge in [0, 0.05) is 12.6 Å². The summed E-state index contributed by atoms with van der Waals surface area (Å²) in [7, 11) is 0. The predicted molar refractivity (Wildman–Crippen MR) is 84.6 cm³/mol. The van der Waals surface area contributed by atoms with Crippen molar-refractivity contribution >= 4 is 11.8 Å². The number of rotatable bonds is 6. The zero-order chi connectivity index (χ0) is 16.0. The fourth-order valence-electron chi connectivity index (χ4n) is 2.80. The molecule has 0 aliphatic carbocycles. The molecule has 0 bridgehead atoms. The number of hydrogen-bond donors (Lipinski definition) is 2. The minimum absolute atomic E-state index is 0.0182. The van der Waals surface area contributed by atoms with Crippen LogP contribution < -0.4 is 11.1 Å². The zero-order valence-electron chi connectivity index (χ0n) is 13.9. The molecule has 0 aromatic rings. The van der Waals surface area contributed by atoms with E-state index in [4.69, 9.17) is 5.73 Å². The number of nitrogens with one attached hydrogen (secondary N) is 1. The maximum Gasteiger partial charge on any atom is 0.242 e. The van der Waals surface area contributed by atoms with Crippen molar-refractivity contribution < 1.29 is 9.59 Å². The monoisotopic (exact) mass is 297 g/mol. The third kappa shape index (κ3) is 5.65. The molecule has 0 saturated carbocycles. The second-order valence-electron chi connectivity index (χ2n) is 6.85. The van der Waals surface area contributed by atoms with Gasteiger partial charge in [-0.15, -0.1) is 0 Å². The molecule has 0 spiro atoms. The molecule has 0 radical (unpaired) electrons. The van der Waals surface area contributed by atoms with Gasteiger partial charge in [0.15, 0.2) is 0 Å². The molecule has 1 fully saturated rings. The fraction of sp³-hybridized carbons (Fsp3) is 0.875. The van der Waals surface area contributed by atoms with E-state index in [1.54, 1.807) is 0 Å². The smallest absolute Gasteiger partial charge is 0.242 e. The highest BCUT2D eigenvalue weighted by molar-refractivity contribution is 5.87. The van der Waals surface area contributed by atoms with Crippen molar-refractivity contribution in [1.29, 1.82) is 0 Å². The summed E-state index contributed by atoms with van der Waals surface area (Å²) in [6, 6.07) is -0.229. The van der Waals surface area contributed by atoms with E-state index in [2.05, 4.69) is 19.2 Å². The average Bonchev–Trinajstić information content (AvgIpc) is 2.43. The Labute approximate surface area is 128 Å². The maximum absolute atomic E-state index is 12.4. The molecule has 0 aromatic heterocycles. The Bertz CT molecular complexity index is 355. The summed E-state index contributed by atoms with van der Waals surface area (Å²) < 4.78 is 0. The van der Waals surface area contributed by atoms with E-state index in [0.717, 1.165) is 25.8 Å². The van der Waals surface area contributed by atoms with Gasteiger partial charge in [0.25, 0.3) is 0 Å². The lowest BCUT2D eigenvalue weighted by atomic mass is 9.94. The number of carbonyl (C=O) groups excluding carboxylic acids is 2. The number of piperidine rings is 1. The van der Waals surface area contributed by atoms with Gasteiger partial charge in [-0.3, -0.25) is 9.59 Å². The molecule has 1 heterocycles. The minimum atomic E-state index is -0.550. The van der Waals surface area contributed by atoms with Crippen LogP contribution in [0.2, 0.25) is 0 Å². The molecule has 2 atom stereocenters. The molecule has 0 aromatic carbocycles. The summed E-state index contributed by atoms with van der Waals surface area (Å²) in [4.78, 5) is 26.1. The molecule has 122 valence electrons. The molecule has 1 aliphatic rings. The summed E-state index contributed by atoms with van der Waals surface area (Å²) in [5.41, 5.74) is 5.78. The Morgan fingerprint density at radius 1 is 1.24 bits per heavy atom. The van der Waals surface area contributed by atoms with Crippen LogP contribution in [0.15, 0.2) is 0 Å². The van der Waals surface area contributed by atoms with E-state index in [9.17, 15) is 9.59 Å². The number of likely N-dealkylation sites (tertiary alicyclic amines) is 1. The largest absolute Gasteiger partial charge is 0.346 e. The summed E-state index contributed by atoms with van der Waals surface area (Å²) in [6.45, 7) is 9.03. The van der Waals surface area contributed by atoms with Crippen molar-refractivity contribution in [3.05, 3.63) is 0 Å². The van der Waals surface area contributed by atoms with Gasteiger partial charge >= 0.3 is 0 Å². The van der Waals surface area contributed by atoms with Crippen LogP contribution in [0.25, 0.3) is 0 Å². The van der Waals surface area contributed by atoms with Crippen LogP contribution in [-0.4, -0.2) is 41.9 Å². The molecule has 21 heavy (non-hydrogen) atoms. The van der Waals surface area contributed by atoms with Crippen LogP contribution in [0.3, 0.4) is 0 Å². The van der Waals surface area contributed by atoms with E-state index < -0.39 is 6.04 Å². The second-order valence-corrected chi connectivity index (χ2v) is 6.85. The Morgan fingerprint density at radius 3 is 2.48 bits per heavy atom. The predicted octanol–water partition coefficient (Wildman–Crippen LogP) is 1.51. The van der Waals surface area contributed by atoms with Crippen LogP contribution in [0, 0.1) is 11.8 Å². The Morgan fingerprint density at radius 2 is 1.90 bits per heavy atom. The van der Waals surface area contributed by atoms with Crippen LogP contribution >= 0.6 is 0 Å². The van der Waals surface area contributed by atoms with E-state index >= 15 is 0 Å². The molecular weight excluding hydrogens is 266 g/mol. The summed E-state index contributed by atoms with van der Waals surface area (Å²) in [6.07, 6.45) is 4.35. The number of amides is 2. The maximum atomic E-state index is 12.4. The molecule has 2 amide bonds. The molecular formula is C16H31N3O2. The number of carbonyl (C=O) groups is 2. The highest BCUT2D eigenvalue weighted by Gasteiger charge is 2.27. The van der Waals surface area contributed by atoms with Crippen LogP contribution in [-0.2, 0) is 9.59 Å². The normalized spacial score (nSPS) is 20.7. The van der Waals surface area contributed by atoms with Gasteiger partial charge in [-0.25, -0.2) is 0 Å². The molecule has 1 rings (SSSR count). The third-order valence-corrected chi connectivity index (χ3v) is 4.13. The molecule has 1 saturated heterocycles. The van der Waals surface area contributed by atoms with E-state index in [-0.39, 0.29) is 24.3 Å². The molecule has 3 N–H and O–H groups in total. The first kappa shape index (κ1) is 18.0. The van der Waals surface area contributed by atoms with Crippen molar-refractivity contribution in [2.45, 2.75) is 65.5 Å². The van der Waals surface area contributed by atoms with Gasteiger partial charge in [0.05, 0.1) is 12.6 Å². The zero-order valence-corrected chi connectivity index (χ0v) is 13.9. The molecule has 5 nitrogen and oxygen atoms in total. The van der Waals surface area contributed by atoms with Gasteiger partial charge in [-0.05, 0) is 37.5 Å². The van der Waals surface area contributed by atoms with Gasteiger partial charge in [-0.1, -0.05) is 27.7 Å². The van der Waals surface area contributed by atoms with Crippen molar-refractivity contribution in [2.24, 2.45) is 17.6 Å². The Balaban J connectivity index is 2.50. The molecule has 1 aliphatic heterocycles. The first-order valence-electron chi connectivity index (χ1n) is 8.15. The van der Waals surface area contributed by atoms with Gasteiger partial charge in [0.2, 0.25) is 11.8 Å². The van der Waals surface area contributed by atoms with Gasteiger partial charge in [0.1, 0.15) is 0 Å². The first-order valence-corrected chi connectivity index (χ1v) is 8.15. The third-order valence-electron chi connectivity index (χ3n) is 4.13. The summed E-state index contributed by atoms with van der Waals surface area (Å²) in [5.74, 6) is 0.427. The van der Waals surface area contributed by atoms with Gasteiger partial charge < -0.3 is 16.0 Å². The summed E-state index contributed by atoms with van der Waals surface area (Å²) >= 11 is 0. The van der Waals surface area contributed by atoms with E-state index in [0.29, 0.717) is 12.0 Å². The topological polar surface area (TPSA) is 75.4 Å². The number of nitrogens with zero attached hydrogens (tertiary/aromatic N) is 1.